The van der Waals surface area contributed by atoms with Gasteiger partial charge in [0.2, 0.25) is 0 Å². The maximum Gasteiger partial charge on any atom is 0.144 e. The molecule has 0 saturated carbocycles. The Kier molecular flexibility index (Phi) is 5.73. The van der Waals surface area contributed by atoms with Crippen molar-refractivity contribution in [3.8, 4) is 0 Å². The third-order valence-corrected chi connectivity index (χ3v) is 4.78. The van der Waals surface area contributed by atoms with Gasteiger partial charge in [-0.1, -0.05) is 34.1 Å². The number of nitrogens with zero attached hydrogens (tertiary/aromatic N) is 1. The fourth-order valence-electron chi connectivity index (χ4n) is 1.34. The molecule has 0 saturated heterocycles. The summed E-state index contributed by atoms with van der Waals surface area (Å²) in [5.74, 6) is 0. The minimum Gasteiger partial charge on any atom is -0.234 e. The smallest absolute Gasteiger partial charge is 0.144 e. The lowest BCUT2D eigenvalue weighted by molar-refractivity contribution is 0.650. The van der Waals surface area contributed by atoms with Crippen molar-refractivity contribution in [3.63, 3.8) is 0 Å². The lowest BCUT2D eigenvalue weighted by Gasteiger charge is -2.14. The third-order valence-electron chi connectivity index (χ3n) is 2.48. The SMILES string of the molecule is C/C(CCc1ccccc1Br)=N\[S@@](=O)C(C)(C)C. The molecule has 0 spiro atoms. The van der Waals surface area contributed by atoms with Gasteiger partial charge in [0.1, 0.15) is 11.0 Å². The number of hydrogen-bond acceptors (Lipinski definition) is 1. The van der Waals surface area contributed by atoms with Gasteiger partial charge >= 0.3 is 0 Å². The van der Waals surface area contributed by atoms with Gasteiger partial charge in [0.25, 0.3) is 0 Å². The second-order valence-corrected chi connectivity index (χ2v) is 8.04. The molecule has 100 valence electrons. The monoisotopic (exact) mass is 329 g/mol. The summed E-state index contributed by atoms with van der Waals surface area (Å²) >= 11 is 3.53. The van der Waals surface area contributed by atoms with Crippen LogP contribution < -0.4 is 0 Å². The number of halogens is 1. The van der Waals surface area contributed by atoms with Gasteiger partial charge in [-0.25, -0.2) is 4.21 Å². The first-order chi connectivity index (χ1) is 8.30. The van der Waals surface area contributed by atoms with Crippen LogP contribution in [0.4, 0.5) is 0 Å². The fraction of sp³-hybridized carbons (Fsp3) is 0.500. The molecule has 0 aromatic heterocycles. The molecule has 1 aromatic rings. The molecule has 2 nitrogen and oxygen atoms in total. The number of benzene rings is 1. The minimum absolute atomic E-state index is 0.283. The van der Waals surface area contributed by atoms with Gasteiger partial charge in [-0.15, -0.1) is 0 Å². The van der Waals surface area contributed by atoms with Crippen LogP contribution >= 0.6 is 15.9 Å². The lowest BCUT2D eigenvalue weighted by atomic mass is 10.1. The summed E-state index contributed by atoms with van der Waals surface area (Å²) in [5, 5.41) is 0. The molecule has 1 rings (SSSR count). The van der Waals surface area contributed by atoms with Crippen molar-refractivity contribution in [1.82, 2.24) is 0 Å². The highest BCUT2D eigenvalue weighted by atomic mass is 79.9. The summed E-state index contributed by atoms with van der Waals surface area (Å²) in [6.45, 7) is 7.76. The van der Waals surface area contributed by atoms with E-state index in [2.05, 4.69) is 26.4 Å². The Morgan fingerprint density at radius 2 is 1.94 bits per heavy atom. The Balaban J connectivity index is 2.62. The largest absolute Gasteiger partial charge is 0.234 e. The van der Waals surface area contributed by atoms with Crippen LogP contribution in [0.15, 0.2) is 33.1 Å². The quantitative estimate of drug-likeness (QED) is 0.757. The highest BCUT2D eigenvalue weighted by molar-refractivity contribution is 9.10. The van der Waals surface area contributed by atoms with Gasteiger partial charge in [-0.05, 0) is 52.2 Å². The van der Waals surface area contributed by atoms with E-state index in [-0.39, 0.29) is 4.75 Å². The van der Waals surface area contributed by atoms with Crippen molar-refractivity contribution >= 4 is 32.6 Å². The highest BCUT2D eigenvalue weighted by Gasteiger charge is 2.18. The van der Waals surface area contributed by atoms with E-state index in [0.29, 0.717) is 0 Å². The Morgan fingerprint density at radius 1 is 1.33 bits per heavy atom. The molecule has 0 amide bonds. The molecule has 1 aromatic carbocycles. The van der Waals surface area contributed by atoms with E-state index in [4.69, 9.17) is 0 Å². The van der Waals surface area contributed by atoms with E-state index in [0.717, 1.165) is 23.0 Å². The predicted molar refractivity (Wildman–Crippen MR) is 83.5 cm³/mol. The van der Waals surface area contributed by atoms with Gasteiger partial charge in [0.05, 0.1) is 4.75 Å². The van der Waals surface area contributed by atoms with Crippen molar-refractivity contribution in [2.45, 2.75) is 45.3 Å². The predicted octanol–water partition coefficient (Wildman–Crippen LogP) is 4.30. The average Bonchev–Trinajstić information content (AvgIpc) is 2.26. The van der Waals surface area contributed by atoms with Gasteiger partial charge in [-0.3, -0.25) is 0 Å². The fourth-order valence-corrected chi connectivity index (χ4v) is 2.47. The van der Waals surface area contributed by atoms with Gasteiger partial charge in [0.15, 0.2) is 0 Å². The van der Waals surface area contributed by atoms with Crippen molar-refractivity contribution in [3.05, 3.63) is 34.3 Å². The summed E-state index contributed by atoms with van der Waals surface area (Å²) in [4.78, 5) is 0. The van der Waals surface area contributed by atoms with E-state index in [1.807, 2.05) is 45.9 Å². The first kappa shape index (κ1) is 15.6. The van der Waals surface area contributed by atoms with Crippen molar-refractivity contribution in [1.29, 1.82) is 0 Å². The van der Waals surface area contributed by atoms with Crippen LogP contribution in [0.1, 0.15) is 39.7 Å². The van der Waals surface area contributed by atoms with Crippen LogP contribution in [-0.2, 0) is 17.4 Å². The number of aryl methyl sites for hydroxylation is 1. The zero-order valence-corrected chi connectivity index (χ0v) is 13.8. The normalized spacial score (nSPS) is 14.6. The Morgan fingerprint density at radius 3 is 2.50 bits per heavy atom. The molecule has 18 heavy (non-hydrogen) atoms. The molecule has 4 heteroatoms. The summed E-state index contributed by atoms with van der Waals surface area (Å²) < 4.78 is 17.0. The van der Waals surface area contributed by atoms with E-state index in [9.17, 15) is 4.21 Å². The topological polar surface area (TPSA) is 29.4 Å². The maximum atomic E-state index is 11.9. The molecule has 0 aliphatic rings. The van der Waals surface area contributed by atoms with E-state index in [1.165, 1.54) is 5.56 Å². The number of hydrogen-bond donors (Lipinski definition) is 0. The molecule has 0 unspecified atom stereocenters. The van der Waals surface area contributed by atoms with Gasteiger partial charge < -0.3 is 0 Å². The maximum absolute atomic E-state index is 11.9. The second-order valence-electron chi connectivity index (χ2n) is 5.28. The number of rotatable bonds is 4. The standard InChI is InChI=1S/C14H20BrNOS/c1-11(16-18(17)14(2,3)4)9-10-12-7-5-6-8-13(12)15/h5-8H,9-10H2,1-4H3/b16-11+/t18-/m0/s1. The molecule has 0 bridgehead atoms. The summed E-state index contributed by atoms with van der Waals surface area (Å²) in [7, 11) is -1.15. The van der Waals surface area contributed by atoms with Crippen molar-refractivity contribution in [2.24, 2.45) is 4.40 Å². The molecule has 0 radical (unpaired) electrons. The molecular weight excluding hydrogens is 310 g/mol. The van der Waals surface area contributed by atoms with Crippen molar-refractivity contribution in [2.75, 3.05) is 0 Å². The van der Waals surface area contributed by atoms with Crippen LogP contribution in [0.5, 0.6) is 0 Å². The second kappa shape index (κ2) is 6.62. The summed E-state index contributed by atoms with van der Waals surface area (Å²) in [6.07, 6.45) is 1.75. The van der Waals surface area contributed by atoms with Crippen LogP contribution in [0.2, 0.25) is 0 Å². The lowest BCUT2D eigenvalue weighted by Crippen LogP contribution is -2.20. The first-order valence-corrected chi connectivity index (χ1v) is 7.90. The Hall–Kier alpha value is -0.480. The molecule has 0 aliphatic carbocycles. The Labute approximate surface area is 121 Å². The molecule has 0 aliphatic heterocycles. The average molecular weight is 330 g/mol. The van der Waals surface area contributed by atoms with E-state index in [1.54, 1.807) is 0 Å². The van der Waals surface area contributed by atoms with Gasteiger partial charge in [0, 0.05) is 10.2 Å². The minimum atomic E-state index is -1.15. The first-order valence-electron chi connectivity index (χ1n) is 6.00. The molecule has 0 fully saturated rings. The Bertz CT molecular complexity index is 463. The van der Waals surface area contributed by atoms with Crippen LogP contribution in [0.25, 0.3) is 0 Å². The molecule has 0 heterocycles. The van der Waals surface area contributed by atoms with E-state index < -0.39 is 11.0 Å². The van der Waals surface area contributed by atoms with Crippen molar-refractivity contribution < 1.29 is 4.21 Å². The highest BCUT2D eigenvalue weighted by Crippen LogP contribution is 2.18. The van der Waals surface area contributed by atoms with Crippen LogP contribution in [0, 0.1) is 0 Å². The summed E-state index contributed by atoms with van der Waals surface area (Å²) in [6, 6.07) is 8.16. The third kappa shape index (κ3) is 5.02. The summed E-state index contributed by atoms with van der Waals surface area (Å²) in [5.41, 5.74) is 2.20. The molecule has 1 atom stereocenters. The molecular formula is C14H20BrNOS. The van der Waals surface area contributed by atoms with Crippen LogP contribution in [-0.4, -0.2) is 14.7 Å². The van der Waals surface area contributed by atoms with Gasteiger partial charge in [-0.2, -0.15) is 4.40 Å². The zero-order valence-electron chi connectivity index (χ0n) is 11.4. The molecule has 0 N–H and O–H groups in total. The van der Waals surface area contributed by atoms with Crippen LogP contribution in [0.3, 0.4) is 0 Å². The van der Waals surface area contributed by atoms with E-state index >= 15 is 0 Å². The zero-order chi connectivity index (χ0) is 13.8.